The SMILES string of the molecule is O=C(C=CF)N1CC(Nc2nc(-c3ccc(C(F)(F)F)cc3)nc3ccccc23)C1. The van der Waals surface area contributed by atoms with Gasteiger partial charge in [0.1, 0.15) is 5.82 Å². The second-order valence-electron chi connectivity index (χ2n) is 6.87. The third-order valence-electron chi connectivity index (χ3n) is 4.81. The van der Waals surface area contributed by atoms with Crippen molar-refractivity contribution >= 4 is 22.6 Å². The number of aromatic nitrogens is 2. The summed E-state index contributed by atoms with van der Waals surface area (Å²) in [7, 11) is 0. The number of para-hydroxylation sites is 1. The second-order valence-corrected chi connectivity index (χ2v) is 6.87. The summed E-state index contributed by atoms with van der Waals surface area (Å²) < 4.78 is 50.6. The Morgan fingerprint density at radius 1 is 1.07 bits per heavy atom. The average molecular weight is 416 g/mol. The van der Waals surface area contributed by atoms with Gasteiger partial charge in [0.15, 0.2) is 5.82 Å². The second kappa shape index (κ2) is 7.74. The fourth-order valence-electron chi connectivity index (χ4n) is 3.23. The Kier molecular flexibility index (Phi) is 5.11. The van der Waals surface area contributed by atoms with Crippen molar-refractivity contribution in [1.29, 1.82) is 0 Å². The summed E-state index contributed by atoms with van der Waals surface area (Å²) in [5.41, 5.74) is 0.347. The standard InChI is InChI=1S/C21H16F4N4O/c22-10-9-18(30)29-11-15(12-29)26-20-16-3-1-2-4-17(16)27-19(28-20)13-5-7-14(8-6-13)21(23,24)25/h1-10,15H,11-12H2,(H,26,27,28). The Balaban J connectivity index is 1.61. The van der Waals surface area contributed by atoms with Crippen molar-refractivity contribution in [3.05, 3.63) is 66.5 Å². The lowest BCUT2D eigenvalue weighted by atomic mass is 10.1. The molecule has 2 aromatic carbocycles. The van der Waals surface area contributed by atoms with E-state index < -0.39 is 17.6 Å². The van der Waals surface area contributed by atoms with E-state index in [-0.39, 0.29) is 18.2 Å². The molecule has 1 amide bonds. The molecule has 0 atom stereocenters. The first kappa shape index (κ1) is 19.8. The van der Waals surface area contributed by atoms with Crippen LogP contribution in [0.15, 0.2) is 60.9 Å². The zero-order valence-corrected chi connectivity index (χ0v) is 15.5. The zero-order chi connectivity index (χ0) is 21.3. The van der Waals surface area contributed by atoms with Crippen molar-refractivity contribution in [3.63, 3.8) is 0 Å². The number of rotatable bonds is 4. The zero-order valence-electron chi connectivity index (χ0n) is 15.5. The molecule has 3 aromatic rings. The summed E-state index contributed by atoms with van der Waals surface area (Å²) in [6.45, 7) is 0.772. The van der Waals surface area contributed by atoms with Crippen LogP contribution in [0.4, 0.5) is 23.4 Å². The van der Waals surface area contributed by atoms with E-state index in [2.05, 4.69) is 15.3 Å². The van der Waals surface area contributed by atoms with E-state index in [1.54, 1.807) is 6.07 Å². The average Bonchev–Trinajstić information content (AvgIpc) is 2.69. The Morgan fingerprint density at radius 3 is 2.43 bits per heavy atom. The van der Waals surface area contributed by atoms with Gasteiger partial charge >= 0.3 is 6.18 Å². The highest BCUT2D eigenvalue weighted by Crippen LogP contribution is 2.31. The van der Waals surface area contributed by atoms with Gasteiger partial charge in [-0.25, -0.2) is 14.4 Å². The maximum Gasteiger partial charge on any atom is 0.416 e. The van der Waals surface area contributed by atoms with Gasteiger partial charge in [-0.2, -0.15) is 13.2 Å². The molecule has 1 fully saturated rings. The number of carbonyl (C=O) groups is 1. The lowest BCUT2D eigenvalue weighted by molar-refractivity contribution is -0.137. The predicted molar refractivity (Wildman–Crippen MR) is 104 cm³/mol. The van der Waals surface area contributed by atoms with Crippen molar-refractivity contribution < 1.29 is 22.4 Å². The molecule has 1 aromatic heterocycles. The molecule has 0 saturated carbocycles. The Morgan fingerprint density at radius 2 is 1.77 bits per heavy atom. The summed E-state index contributed by atoms with van der Waals surface area (Å²) in [6.07, 6.45) is -3.35. The van der Waals surface area contributed by atoms with Gasteiger partial charge in [-0.05, 0) is 24.3 Å². The van der Waals surface area contributed by atoms with Crippen LogP contribution in [0.5, 0.6) is 0 Å². The highest BCUT2D eigenvalue weighted by Gasteiger charge is 2.31. The van der Waals surface area contributed by atoms with Gasteiger partial charge in [0.25, 0.3) is 0 Å². The molecule has 1 aliphatic heterocycles. The maximum absolute atomic E-state index is 12.8. The number of benzene rings is 2. The van der Waals surface area contributed by atoms with Crippen LogP contribution in [0.2, 0.25) is 0 Å². The summed E-state index contributed by atoms with van der Waals surface area (Å²) in [5, 5.41) is 4.00. The number of nitrogens with one attached hydrogen (secondary N) is 1. The van der Waals surface area contributed by atoms with E-state index >= 15 is 0 Å². The number of amides is 1. The van der Waals surface area contributed by atoms with Crippen LogP contribution >= 0.6 is 0 Å². The molecular formula is C21H16F4N4O. The summed E-state index contributed by atoms with van der Waals surface area (Å²) in [5.74, 6) is 0.403. The number of hydrogen-bond acceptors (Lipinski definition) is 4. The van der Waals surface area contributed by atoms with Crippen LogP contribution in [-0.4, -0.2) is 39.9 Å². The molecule has 154 valence electrons. The molecule has 0 aliphatic carbocycles. The van der Waals surface area contributed by atoms with E-state index in [0.29, 0.717) is 30.0 Å². The highest BCUT2D eigenvalue weighted by molar-refractivity contribution is 5.91. The van der Waals surface area contributed by atoms with E-state index in [4.69, 9.17) is 0 Å². The van der Waals surface area contributed by atoms with Crippen LogP contribution in [0.3, 0.4) is 0 Å². The van der Waals surface area contributed by atoms with Gasteiger partial charge < -0.3 is 10.2 Å². The monoisotopic (exact) mass is 416 g/mol. The van der Waals surface area contributed by atoms with Crippen LogP contribution in [0.1, 0.15) is 5.56 Å². The molecule has 1 saturated heterocycles. The van der Waals surface area contributed by atoms with Gasteiger partial charge in [0.2, 0.25) is 5.91 Å². The lowest BCUT2D eigenvalue weighted by Gasteiger charge is -2.39. The number of likely N-dealkylation sites (tertiary alicyclic amines) is 1. The van der Waals surface area contributed by atoms with Crippen LogP contribution in [-0.2, 0) is 11.0 Å². The van der Waals surface area contributed by atoms with E-state index in [1.807, 2.05) is 18.2 Å². The molecule has 1 aliphatic rings. The largest absolute Gasteiger partial charge is 0.416 e. The van der Waals surface area contributed by atoms with Crippen LogP contribution in [0.25, 0.3) is 22.3 Å². The quantitative estimate of drug-likeness (QED) is 0.505. The molecule has 2 heterocycles. The minimum absolute atomic E-state index is 0.0827. The maximum atomic E-state index is 12.8. The molecule has 30 heavy (non-hydrogen) atoms. The van der Waals surface area contributed by atoms with Crippen LogP contribution < -0.4 is 5.32 Å². The van der Waals surface area contributed by atoms with Gasteiger partial charge in [-0.3, -0.25) is 4.79 Å². The molecular weight excluding hydrogens is 400 g/mol. The summed E-state index contributed by atoms with van der Waals surface area (Å²) in [4.78, 5) is 22.1. The van der Waals surface area contributed by atoms with E-state index in [0.717, 1.165) is 23.6 Å². The number of alkyl halides is 3. The first-order valence-corrected chi connectivity index (χ1v) is 9.12. The van der Waals surface area contributed by atoms with Gasteiger partial charge in [0.05, 0.1) is 23.5 Å². The molecule has 0 radical (unpaired) electrons. The topological polar surface area (TPSA) is 58.1 Å². The first-order valence-electron chi connectivity index (χ1n) is 9.12. The molecule has 0 unspecified atom stereocenters. The Bertz CT molecular complexity index is 1110. The number of anilines is 1. The third-order valence-corrected chi connectivity index (χ3v) is 4.81. The predicted octanol–water partition coefficient (Wildman–Crippen LogP) is 4.42. The van der Waals surface area contributed by atoms with Crippen molar-refractivity contribution in [2.75, 3.05) is 18.4 Å². The molecule has 4 rings (SSSR count). The third kappa shape index (κ3) is 3.96. The van der Waals surface area contributed by atoms with Gasteiger partial charge in [-0.15, -0.1) is 0 Å². The normalized spacial score (nSPS) is 14.9. The van der Waals surface area contributed by atoms with Crippen molar-refractivity contribution in [3.8, 4) is 11.4 Å². The van der Waals surface area contributed by atoms with Crippen molar-refractivity contribution in [2.45, 2.75) is 12.2 Å². The molecule has 0 spiro atoms. The number of halogens is 4. The fraction of sp³-hybridized carbons (Fsp3) is 0.190. The number of nitrogens with zero attached hydrogens (tertiary/aromatic N) is 3. The number of hydrogen-bond donors (Lipinski definition) is 1. The first-order chi connectivity index (χ1) is 14.3. The van der Waals surface area contributed by atoms with Gasteiger partial charge in [0, 0.05) is 30.1 Å². The Labute approximate surface area is 169 Å². The summed E-state index contributed by atoms with van der Waals surface area (Å²) in [6, 6.07) is 11.8. The molecule has 5 nitrogen and oxygen atoms in total. The lowest BCUT2D eigenvalue weighted by Crippen LogP contribution is -2.56. The molecule has 1 N–H and O–H groups in total. The van der Waals surface area contributed by atoms with Gasteiger partial charge in [-0.1, -0.05) is 24.3 Å². The summed E-state index contributed by atoms with van der Waals surface area (Å²) >= 11 is 0. The fourth-order valence-corrected chi connectivity index (χ4v) is 3.23. The highest BCUT2D eigenvalue weighted by atomic mass is 19.4. The molecule has 9 heteroatoms. The Hall–Kier alpha value is -3.49. The van der Waals surface area contributed by atoms with E-state index in [1.165, 1.54) is 17.0 Å². The molecule has 0 bridgehead atoms. The number of carbonyl (C=O) groups excluding carboxylic acids is 1. The van der Waals surface area contributed by atoms with E-state index in [9.17, 15) is 22.4 Å². The van der Waals surface area contributed by atoms with Crippen molar-refractivity contribution in [2.24, 2.45) is 0 Å². The minimum atomic E-state index is -4.42. The van der Waals surface area contributed by atoms with Crippen molar-refractivity contribution in [1.82, 2.24) is 14.9 Å². The van der Waals surface area contributed by atoms with Crippen LogP contribution in [0, 0.1) is 0 Å². The minimum Gasteiger partial charge on any atom is -0.363 e. The smallest absolute Gasteiger partial charge is 0.363 e. The number of fused-ring (bicyclic) bond motifs is 1.